The molecule has 0 saturated heterocycles. The Morgan fingerprint density at radius 2 is 2.08 bits per heavy atom. The number of alkyl halides is 1. The molecule has 0 aliphatic heterocycles. The molecule has 0 aromatic rings. The maximum atomic E-state index is 11.1. The Morgan fingerprint density at radius 3 is 2.42 bits per heavy atom. The Morgan fingerprint density at radius 1 is 1.50 bits per heavy atom. The van der Waals surface area contributed by atoms with Gasteiger partial charge >= 0.3 is 0 Å². The largest absolute Gasteiger partial charge is 0.240 e. The lowest BCUT2D eigenvalue weighted by Gasteiger charge is -2.26. The van der Waals surface area contributed by atoms with E-state index in [4.69, 9.17) is 10.7 Å². The number of halogens is 2. The Balaban J connectivity index is 3.08. The molecule has 0 saturated carbocycles. The van der Waals surface area contributed by atoms with Crippen molar-refractivity contribution in [3.8, 4) is 0 Å². The van der Waals surface area contributed by atoms with Crippen molar-refractivity contribution in [3.05, 3.63) is 24.3 Å². The summed E-state index contributed by atoms with van der Waals surface area (Å²) in [5, 5.41) is -0.698. The smallest absolute Gasteiger partial charge is 0.212 e. The number of hydrogen-bond donors (Lipinski definition) is 0. The average Bonchev–Trinajstić information content (AvgIpc) is 1.83. The molecule has 2 atom stereocenters. The third-order valence-electron chi connectivity index (χ3n) is 1.68. The van der Waals surface area contributed by atoms with Crippen LogP contribution in [0.4, 0.5) is 0 Å². The van der Waals surface area contributed by atoms with Gasteiger partial charge in [-0.25, -0.2) is 8.42 Å². The van der Waals surface area contributed by atoms with Crippen molar-refractivity contribution in [1.29, 1.82) is 0 Å². The summed E-state index contributed by atoms with van der Waals surface area (Å²) in [6, 6.07) is 0. The molecule has 68 valence electrons. The van der Waals surface area contributed by atoms with E-state index in [0.717, 1.165) is 0 Å². The first-order chi connectivity index (χ1) is 5.34. The zero-order chi connectivity index (χ0) is 9.41. The van der Waals surface area contributed by atoms with Gasteiger partial charge in [-0.3, -0.25) is 0 Å². The fourth-order valence-electron chi connectivity index (χ4n) is 1.06. The van der Waals surface area contributed by atoms with E-state index in [-0.39, 0.29) is 0 Å². The highest BCUT2D eigenvalue weighted by Gasteiger charge is 2.37. The van der Waals surface area contributed by atoms with Crippen molar-refractivity contribution in [3.63, 3.8) is 0 Å². The van der Waals surface area contributed by atoms with E-state index in [1.165, 1.54) is 0 Å². The summed E-state index contributed by atoms with van der Waals surface area (Å²) in [7, 11) is 1.71. The topological polar surface area (TPSA) is 34.1 Å². The van der Waals surface area contributed by atoms with E-state index in [1.807, 2.05) is 0 Å². The molecular formula is C7H8BrClO2S. The Kier molecular flexibility index (Phi) is 2.71. The summed E-state index contributed by atoms with van der Waals surface area (Å²) < 4.78 is 21.5. The molecule has 12 heavy (non-hydrogen) atoms. The van der Waals surface area contributed by atoms with Gasteiger partial charge in [0.25, 0.3) is 0 Å². The first kappa shape index (κ1) is 10.3. The van der Waals surface area contributed by atoms with Gasteiger partial charge in [0.05, 0.1) is 4.32 Å². The number of rotatable bonds is 1. The van der Waals surface area contributed by atoms with Gasteiger partial charge in [-0.15, -0.1) is 0 Å². The first-order valence-corrected chi connectivity index (χ1v) is 6.49. The van der Waals surface area contributed by atoms with Crippen LogP contribution in [0.25, 0.3) is 0 Å². The molecule has 0 heterocycles. The molecule has 1 aliphatic carbocycles. The lowest BCUT2D eigenvalue weighted by Crippen LogP contribution is -2.35. The second-order valence-electron chi connectivity index (χ2n) is 2.79. The molecule has 1 rings (SSSR count). The molecule has 0 fully saturated rings. The zero-order valence-corrected chi connectivity index (χ0v) is 9.53. The summed E-state index contributed by atoms with van der Waals surface area (Å²) in [5.41, 5.74) is 0. The second-order valence-corrected chi connectivity index (χ2v) is 7.25. The van der Waals surface area contributed by atoms with Crippen LogP contribution in [-0.2, 0) is 9.05 Å². The van der Waals surface area contributed by atoms with E-state index in [0.29, 0.717) is 0 Å². The summed E-state index contributed by atoms with van der Waals surface area (Å²) in [6.45, 7) is 1.76. The fourth-order valence-corrected chi connectivity index (χ4v) is 4.07. The lowest BCUT2D eigenvalue weighted by molar-refractivity contribution is 0.595. The zero-order valence-electron chi connectivity index (χ0n) is 6.37. The minimum Gasteiger partial charge on any atom is -0.212 e. The summed E-state index contributed by atoms with van der Waals surface area (Å²) >= 11 is 3.29. The molecule has 2 unspecified atom stereocenters. The minimum atomic E-state index is -3.55. The quantitative estimate of drug-likeness (QED) is 0.541. The molecule has 1 aliphatic rings. The lowest BCUT2D eigenvalue weighted by atomic mass is 10.0. The van der Waals surface area contributed by atoms with Gasteiger partial charge in [0, 0.05) is 10.7 Å². The standard InChI is InChI=1S/C7H8BrClO2S/c1-7(8)5-3-2-4-6(7)12(9,10)11/h2-6H,1H3. The predicted molar refractivity (Wildman–Crippen MR) is 54.2 cm³/mol. The van der Waals surface area contributed by atoms with Crippen LogP contribution in [0.3, 0.4) is 0 Å². The molecule has 2 nitrogen and oxygen atoms in total. The molecule has 5 heteroatoms. The van der Waals surface area contributed by atoms with Crippen molar-refractivity contribution in [1.82, 2.24) is 0 Å². The van der Waals surface area contributed by atoms with Crippen LogP contribution in [0.15, 0.2) is 24.3 Å². The molecule has 0 N–H and O–H groups in total. The van der Waals surface area contributed by atoms with Gasteiger partial charge < -0.3 is 0 Å². The maximum Gasteiger partial charge on any atom is 0.240 e. The van der Waals surface area contributed by atoms with Crippen LogP contribution in [-0.4, -0.2) is 18.0 Å². The van der Waals surface area contributed by atoms with Gasteiger partial charge in [0.2, 0.25) is 9.05 Å². The van der Waals surface area contributed by atoms with Gasteiger partial charge in [0.1, 0.15) is 5.25 Å². The van der Waals surface area contributed by atoms with Crippen molar-refractivity contribution < 1.29 is 8.42 Å². The normalized spacial score (nSPS) is 35.4. The highest BCUT2D eigenvalue weighted by molar-refractivity contribution is 9.10. The highest BCUT2D eigenvalue weighted by Crippen LogP contribution is 2.33. The molecule has 0 amide bonds. The molecular weight excluding hydrogens is 263 g/mol. The predicted octanol–water partition coefficient (Wildman–Crippen LogP) is 2.20. The van der Waals surface area contributed by atoms with E-state index in [1.54, 1.807) is 31.2 Å². The number of hydrogen-bond acceptors (Lipinski definition) is 2. The summed E-state index contributed by atoms with van der Waals surface area (Å²) in [4.78, 5) is 0. The van der Waals surface area contributed by atoms with E-state index in [2.05, 4.69) is 15.9 Å². The fraction of sp³-hybridized carbons (Fsp3) is 0.429. The monoisotopic (exact) mass is 270 g/mol. The van der Waals surface area contributed by atoms with Crippen LogP contribution in [0, 0.1) is 0 Å². The van der Waals surface area contributed by atoms with Gasteiger partial charge in [-0.1, -0.05) is 40.2 Å². The Hall–Kier alpha value is 0.200. The molecule has 0 aromatic heterocycles. The summed E-state index contributed by atoms with van der Waals surface area (Å²) in [5.74, 6) is 0. The van der Waals surface area contributed by atoms with E-state index in [9.17, 15) is 8.42 Å². The second kappa shape index (κ2) is 3.16. The van der Waals surface area contributed by atoms with Gasteiger partial charge in [-0.05, 0) is 6.92 Å². The Labute approximate surface area is 84.8 Å². The molecule has 0 spiro atoms. The third kappa shape index (κ3) is 2.12. The van der Waals surface area contributed by atoms with Gasteiger partial charge in [-0.2, -0.15) is 0 Å². The minimum absolute atomic E-state index is 0.595. The highest BCUT2D eigenvalue weighted by atomic mass is 79.9. The van der Waals surface area contributed by atoms with Crippen LogP contribution in [0.2, 0.25) is 0 Å². The van der Waals surface area contributed by atoms with Crippen LogP contribution in [0.5, 0.6) is 0 Å². The van der Waals surface area contributed by atoms with Crippen LogP contribution < -0.4 is 0 Å². The first-order valence-electron chi connectivity index (χ1n) is 3.32. The van der Waals surface area contributed by atoms with Gasteiger partial charge in [0.15, 0.2) is 0 Å². The molecule has 0 aromatic carbocycles. The van der Waals surface area contributed by atoms with Crippen molar-refractivity contribution in [2.24, 2.45) is 0 Å². The number of allylic oxidation sites excluding steroid dienone is 3. The maximum absolute atomic E-state index is 11.1. The molecule has 0 radical (unpaired) electrons. The molecule has 0 bridgehead atoms. The van der Waals surface area contributed by atoms with Crippen molar-refractivity contribution in [2.45, 2.75) is 16.5 Å². The van der Waals surface area contributed by atoms with E-state index >= 15 is 0 Å². The van der Waals surface area contributed by atoms with Crippen LogP contribution in [0.1, 0.15) is 6.92 Å². The average molecular weight is 272 g/mol. The van der Waals surface area contributed by atoms with Crippen molar-refractivity contribution >= 4 is 35.7 Å². The SMILES string of the molecule is CC1(Br)C=CC=CC1S(=O)(=O)Cl. The summed E-state index contributed by atoms with van der Waals surface area (Å²) in [6.07, 6.45) is 6.79. The van der Waals surface area contributed by atoms with Crippen molar-refractivity contribution in [2.75, 3.05) is 0 Å². The van der Waals surface area contributed by atoms with Crippen LogP contribution >= 0.6 is 26.6 Å². The Bertz CT molecular complexity index is 329. The van der Waals surface area contributed by atoms with E-state index < -0.39 is 18.6 Å². The third-order valence-corrected chi connectivity index (χ3v) is 4.57.